The van der Waals surface area contributed by atoms with E-state index in [4.69, 9.17) is 14.0 Å². The van der Waals surface area contributed by atoms with E-state index in [0.717, 1.165) is 5.56 Å². The molecular formula is C15H15FN2O4. The van der Waals surface area contributed by atoms with Gasteiger partial charge in [0.2, 0.25) is 5.76 Å². The number of nitrogens with zero attached hydrogens (tertiary/aromatic N) is 1. The lowest BCUT2D eigenvalue weighted by Gasteiger charge is -2.25. The molecule has 116 valence electrons. The van der Waals surface area contributed by atoms with Crippen LogP contribution in [0.25, 0.3) is 0 Å². The Balaban J connectivity index is 1.65. The van der Waals surface area contributed by atoms with E-state index in [1.165, 1.54) is 18.2 Å². The van der Waals surface area contributed by atoms with Gasteiger partial charge in [-0.2, -0.15) is 0 Å². The summed E-state index contributed by atoms with van der Waals surface area (Å²) in [6, 6.07) is 5.52. The van der Waals surface area contributed by atoms with Gasteiger partial charge in [0.25, 0.3) is 11.8 Å². The van der Waals surface area contributed by atoms with Crippen LogP contribution in [0, 0.1) is 5.82 Å². The third kappa shape index (κ3) is 3.03. The largest absolute Gasteiger partial charge is 0.491 e. The van der Waals surface area contributed by atoms with Crippen LogP contribution in [0.1, 0.15) is 23.0 Å². The van der Waals surface area contributed by atoms with Crippen molar-refractivity contribution < 1.29 is 23.2 Å². The average molecular weight is 306 g/mol. The predicted molar refractivity (Wildman–Crippen MR) is 74.5 cm³/mol. The first-order valence-corrected chi connectivity index (χ1v) is 6.97. The van der Waals surface area contributed by atoms with Crippen molar-refractivity contribution in [1.29, 1.82) is 0 Å². The molecule has 0 saturated heterocycles. The van der Waals surface area contributed by atoms with Gasteiger partial charge in [0.1, 0.15) is 18.2 Å². The summed E-state index contributed by atoms with van der Waals surface area (Å²) in [6.45, 7) is 2.56. The number of hydrogen-bond acceptors (Lipinski definition) is 5. The number of aromatic nitrogens is 1. The quantitative estimate of drug-likeness (QED) is 0.934. The van der Waals surface area contributed by atoms with Gasteiger partial charge in [-0.05, 0) is 42.3 Å². The van der Waals surface area contributed by atoms with Crippen molar-refractivity contribution in [2.24, 2.45) is 0 Å². The normalized spacial score (nSPS) is 16.5. The Morgan fingerprint density at radius 3 is 3.18 bits per heavy atom. The van der Waals surface area contributed by atoms with E-state index in [0.29, 0.717) is 25.4 Å². The third-order valence-electron chi connectivity index (χ3n) is 3.27. The molecule has 0 fully saturated rings. The number of amides is 1. The second kappa shape index (κ2) is 6.05. The predicted octanol–water partition coefficient (Wildman–Crippen LogP) is 1.95. The van der Waals surface area contributed by atoms with Crippen LogP contribution in [0.2, 0.25) is 0 Å². The standard InChI is InChI=1S/C15H15FN2O4/c1-2-20-14-7-13(22-18-14)15(19)17-11-6-9-5-10(16)3-4-12(9)21-8-11/h3-5,7,11H,2,6,8H2,1H3,(H,17,19). The lowest BCUT2D eigenvalue weighted by atomic mass is 10.0. The SMILES string of the molecule is CCOc1cc(C(=O)NC2COc3ccc(F)cc3C2)on1. The number of carbonyl (C=O) groups is 1. The number of hydrogen-bond donors (Lipinski definition) is 1. The van der Waals surface area contributed by atoms with Gasteiger partial charge in [-0.1, -0.05) is 0 Å². The highest BCUT2D eigenvalue weighted by atomic mass is 19.1. The molecule has 0 saturated carbocycles. The summed E-state index contributed by atoms with van der Waals surface area (Å²) in [6.07, 6.45) is 0.491. The van der Waals surface area contributed by atoms with Gasteiger partial charge in [0, 0.05) is 0 Å². The zero-order valence-corrected chi connectivity index (χ0v) is 12.0. The fourth-order valence-electron chi connectivity index (χ4n) is 2.29. The Bertz CT molecular complexity index is 686. The van der Waals surface area contributed by atoms with Crippen LogP contribution in [0.4, 0.5) is 4.39 Å². The van der Waals surface area contributed by atoms with Crippen LogP contribution in [-0.2, 0) is 6.42 Å². The molecular weight excluding hydrogens is 291 g/mol. The molecule has 1 aliphatic rings. The Morgan fingerprint density at radius 2 is 2.36 bits per heavy atom. The number of benzene rings is 1. The van der Waals surface area contributed by atoms with Gasteiger partial charge >= 0.3 is 0 Å². The van der Waals surface area contributed by atoms with Crippen LogP contribution in [-0.4, -0.2) is 30.3 Å². The molecule has 1 N–H and O–H groups in total. The number of nitrogens with one attached hydrogen (secondary N) is 1. The molecule has 0 aliphatic carbocycles. The molecule has 0 spiro atoms. The number of carbonyl (C=O) groups excluding carboxylic acids is 1. The molecule has 1 unspecified atom stereocenters. The van der Waals surface area contributed by atoms with Crippen LogP contribution >= 0.6 is 0 Å². The molecule has 2 heterocycles. The maximum Gasteiger partial charge on any atom is 0.290 e. The van der Waals surface area contributed by atoms with E-state index in [1.807, 2.05) is 6.92 Å². The Hall–Kier alpha value is -2.57. The van der Waals surface area contributed by atoms with Gasteiger partial charge in [-0.15, -0.1) is 0 Å². The Kier molecular flexibility index (Phi) is 3.95. The first kappa shape index (κ1) is 14.4. The van der Waals surface area contributed by atoms with E-state index in [9.17, 15) is 9.18 Å². The zero-order valence-electron chi connectivity index (χ0n) is 12.0. The fraction of sp³-hybridized carbons (Fsp3) is 0.333. The van der Waals surface area contributed by atoms with Crippen LogP contribution in [0.3, 0.4) is 0 Å². The molecule has 7 heteroatoms. The fourth-order valence-corrected chi connectivity index (χ4v) is 2.29. The summed E-state index contributed by atoms with van der Waals surface area (Å²) < 4.78 is 28.8. The first-order valence-electron chi connectivity index (χ1n) is 6.97. The Labute approximate surface area is 126 Å². The minimum atomic E-state index is -0.410. The molecule has 0 radical (unpaired) electrons. The summed E-state index contributed by atoms with van der Waals surface area (Å²) in [7, 11) is 0. The first-order chi connectivity index (χ1) is 10.7. The lowest BCUT2D eigenvalue weighted by Crippen LogP contribution is -2.42. The smallest absolute Gasteiger partial charge is 0.290 e. The highest BCUT2D eigenvalue weighted by molar-refractivity contribution is 5.91. The minimum absolute atomic E-state index is 0.0634. The van der Waals surface area contributed by atoms with Crippen LogP contribution in [0.15, 0.2) is 28.8 Å². The molecule has 0 bridgehead atoms. The van der Waals surface area contributed by atoms with Crippen molar-refractivity contribution in [3.05, 3.63) is 41.4 Å². The molecule has 6 nitrogen and oxygen atoms in total. The van der Waals surface area contributed by atoms with E-state index in [1.54, 1.807) is 6.07 Å². The highest BCUT2D eigenvalue weighted by Crippen LogP contribution is 2.25. The van der Waals surface area contributed by atoms with Crippen LogP contribution < -0.4 is 14.8 Å². The summed E-state index contributed by atoms with van der Waals surface area (Å²) in [4.78, 5) is 12.1. The van der Waals surface area contributed by atoms with Gasteiger partial charge in [0.15, 0.2) is 0 Å². The molecule has 1 aromatic heterocycles. The summed E-state index contributed by atoms with van der Waals surface area (Å²) in [5.74, 6) is 0.233. The topological polar surface area (TPSA) is 73.6 Å². The van der Waals surface area contributed by atoms with Crippen molar-refractivity contribution >= 4 is 5.91 Å². The Morgan fingerprint density at radius 1 is 1.50 bits per heavy atom. The highest BCUT2D eigenvalue weighted by Gasteiger charge is 2.24. The number of ether oxygens (including phenoxy) is 2. The second-order valence-corrected chi connectivity index (χ2v) is 4.90. The van der Waals surface area contributed by atoms with Crippen molar-refractivity contribution in [1.82, 2.24) is 10.5 Å². The monoisotopic (exact) mass is 306 g/mol. The van der Waals surface area contributed by atoms with Gasteiger partial charge in [-0.3, -0.25) is 4.79 Å². The van der Waals surface area contributed by atoms with E-state index in [-0.39, 0.29) is 23.5 Å². The maximum absolute atomic E-state index is 13.2. The van der Waals surface area contributed by atoms with Gasteiger partial charge in [-0.25, -0.2) is 4.39 Å². The van der Waals surface area contributed by atoms with Crippen molar-refractivity contribution in [2.75, 3.05) is 13.2 Å². The zero-order chi connectivity index (χ0) is 15.5. The molecule has 1 atom stereocenters. The summed E-state index contributed by atoms with van der Waals surface area (Å²) in [5.41, 5.74) is 0.726. The number of fused-ring (bicyclic) bond motifs is 1. The summed E-state index contributed by atoms with van der Waals surface area (Å²) >= 11 is 0. The lowest BCUT2D eigenvalue weighted by molar-refractivity contribution is 0.0877. The molecule has 3 rings (SSSR count). The second-order valence-electron chi connectivity index (χ2n) is 4.90. The molecule has 1 amide bonds. The van der Waals surface area contributed by atoms with E-state index >= 15 is 0 Å². The van der Waals surface area contributed by atoms with E-state index in [2.05, 4.69) is 10.5 Å². The van der Waals surface area contributed by atoms with Crippen LogP contribution in [0.5, 0.6) is 11.6 Å². The maximum atomic E-state index is 13.2. The van der Waals surface area contributed by atoms with Crippen molar-refractivity contribution in [2.45, 2.75) is 19.4 Å². The molecule has 22 heavy (non-hydrogen) atoms. The molecule has 1 aliphatic heterocycles. The summed E-state index contributed by atoms with van der Waals surface area (Å²) in [5, 5.41) is 6.40. The molecule has 1 aromatic carbocycles. The molecule has 2 aromatic rings. The number of halogens is 1. The average Bonchev–Trinajstić information content (AvgIpc) is 2.96. The van der Waals surface area contributed by atoms with Crippen molar-refractivity contribution in [3.8, 4) is 11.6 Å². The number of rotatable bonds is 4. The third-order valence-corrected chi connectivity index (χ3v) is 3.27. The minimum Gasteiger partial charge on any atom is -0.491 e. The van der Waals surface area contributed by atoms with Gasteiger partial charge < -0.3 is 19.3 Å². The van der Waals surface area contributed by atoms with Gasteiger partial charge in [0.05, 0.1) is 18.7 Å². The van der Waals surface area contributed by atoms with E-state index < -0.39 is 5.91 Å². The van der Waals surface area contributed by atoms with Crippen molar-refractivity contribution in [3.63, 3.8) is 0 Å².